The highest BCUT2D eigenvalue weighted by Crippen LogP contribution is 2.10. The van der Waals surface area contributed by atoms with Crippen LogP contribution < -0.4 is 0 Å². The first-order valence-corrected chi connectivity index (χ1v) is 8.16. The van der Waals surface area contributed by atoms with Crippen LogP contribution in [0.15, 0.2) is 24.3 Å². The van der Waals surface area contributed by atoms with Gasteiger partial charge in [-0.3, -0.25) is 0 Å². The molecule has 4 nitrogen and oxygen atoms in total. The van der Waals surface area contributed by atoms with E-state index in [1.165, 1.54) is 12.0 Å². The molecule has 0 saturated carbocycles. The van der Waals surface area contributed by atoms with Crippen molar-refractivity contribution in [1.82, 2.24) is 0 Å². The molecular formula is C18H28O4. The number of carbonyl (C=O) groups is 1. The minimum absolute atomic E-state index is 0.327. The van der Waals surface area contributed by atoms with Crippen molar-refractivity contribution in [2.45, 2.75) is 46.1 Å². The number of rotatable bonds is 11. The fourth-order valence-electron chi connectivity index (χ4n) is 2.02. The Morgan fingerprint density at radius 3 is 2.09 bits per heavy atom. The first kappa shape index (κ1) is 18.7. The van der Waals surface area contributed by atoms with E-state index in [2.05, 4.69) is 6.92 Å². The SMILES string of the molecule is CCCCc1ccc(C(=O)OC(COCC)COCC)cc1. The van der Waals surface area contributed by atoms with E-state index in [0.717, 1.165) is 12.8 Å². The molecule has 0 aliphatic carbocycles. The maximum Gasteiger partial charge on any atom is 0.338 e. The molecular weight excluding hydrogens is 280 g/mol. The summed E-state index contributed by atoms with van der Waals surface area (Å²) in [6.07, 6.45) is 3.00. The van der Waals surface area contributed by atoms with Gasteiger partial charge in [0.05, 0.1) is 18.8 Å². The quantitative estimate of drug-likeness (QED) is 0.586. The van der Waals surface area contributed by atoms with E-state index in [0.29, 0.717) is 32.0 Å². The first-order chi connectivity index (χ1) is 10.7. The van der Waals surface area contributed by atoms with Gasteiger partial charge in [0.25, 0.3) is 0 Å². The minimum Gasteiger partial charge on any atom is -0.454 e. The predicted octanol–water partition coefficient (Wildman–Crippen LogP) is 3.63. The molecule has 0 heterocycles. The van der Waals surface area contributed by atoms with Crippen LogP contribution in [0.1, 0.15) is 49.5 Å². The normalized spacial score (nSPS) is 10.9. The van der Waals surface area contributed by atoms with Crippen LogP contribution in [-0.2, 0) is 20.6 Å². The number of aryl methyl sites for hydroxylation is 1. The number of hydrogen-bond donors (Lipinski definition) is 0. The van der Waals surface area contributed by atoms with Gasteiger partial charge in [-0.25, -0.2) is 4.79 Å². The van der Waals surface area contributed by atoms with Crippen molar-refractivity contribution in [3.63, 3.8) is 0 Å². The Labute approximate surface area is 133 Å². The van der Waals surface area contributed by atoms with Crippen LogP contribution in [0.2, 0.25) is 0 Å². The number of unbranched alkanes of at least 4 members (excludes halogenated alkanes) is 1. The maximum absolute atomic E-state index is 12.2. The predicted molar refractivity (Wildman–Crippen MR) is 87.2 cm³/mol. The van der Waals surface area contributed by atoms with E-state index in [-0.39, 0.29) is 12.1 Å². The fourth-order valence-corrected chi connectivity index (χ4v) is 2.02. The van der Waals surface area contributed by atoms with Crippen LogP contribution in [0.25, 0.3) is 0 Å². The van der Waals surface area contributed by atoms with Crippen LogP contribution in [-0.4, -0.2) is 38.5 Å². The Kier molecular flexibility index (Phi) is 9.51. The third kappa shape index (κ3) is 7.05. The molecule has 0 fully saturated rings. The zero-order chi connectivity index (χ0) is 16.2. The van der Waals surface area contributed by atoms with Gasteiger partial charge >= 0.3 is 5.97 Å². The van der Waals surface area contributed by atoms with Crippen molar-refractivity contribution in [3.05, 3.63) is 35.4 Å². The monoisotopic (exact) mass is 308 g/mol. The van der Waals surface area contributed by atoms with Crippen molar-refractivity contribution in [1.29, 1.82) is 0 Å². The highest BCUT2D eigenvalue weighted by molar-refractivity contribution is 5.89. The Hall–Kier alpha value is -1.39. The molecule has 1 rings (SSSR count). The molecule has 0 aromatic heterocycles. The lowest BCUT2D eigenvalue weighted by Crippen LogP contribution is -2.28. The van der Waals surface area contributed by atoms with Gasteiger partial charge in [-0.15, -0.1) is 0 Å². The van der Waals surface area contributed by atoms with Crippen molar-refractivity contribution < 1.29 is 19.0 Å². The molecule has 0 aliphatic heterocycles. The van der Waals surface area contributed by atoms with E-state index >= 15 is 0 Å². The van der Waals surface area contributed by atoms with Gasteiger partial charge in [0.2, 0.25) is 0 Å². The second-order valence-electron chi connectivity index (χ2n) is 5.15. The average molecular weight is 308 g/mol. The largest absolute Gasteiger partial charge is 0.454 e. The Balaban J connectivity index is 2.56. The number of benzene rings is 1. The number of carbonyl (C=O) groups excluding carboxylic acids is 1. The molecule has 0 amide bonds. The molecule has 0 spiro atoms. The lowest BCUT2D eigenvalue weighted by atomic mass is 10.1. The minimum atomic E-state index is -0.368. The van der Waals surface area contributed by atoms with Gasteiger partial charge < -0.3 is 14.2 Å². The van der Waals surface area contributed by atoms with Gasteiger partial charge in [0, 0.05) is 13.2 Å². The summed E-state index contributed by atoms with van der Waals surface area (Å²) >= 11 is 0. The van der Waals surface area contributed by atoms with Crippen molar-refractivity contribution in [3.8, 4) is 0 Å². The first-order valence-electron chi connectivity index (χ1n) is 8.16. The van der Waals surface area contributed by atoms with E-state index in [9.17, 15) is 4.79 Å². The second-order valence-corrected chi connectivity index (χ2v) is 5.15. The topological polar surface area (TPSA) is 44.8 Å². The second kappa shape index (κ2) is 11.2. The van der Waals surface area contributed by atoms with Crippen LogP contribution >= 0.6 is 0 Å². The third-order valence-electron chi connectivity index (χ3n) is 3.30. The van der Waals surface area contributed by atoms with Gasteiger partial charge in [-0.2, -0.15) is 0 Å². The summed E-state index contributed by atoms with van der Waals surface area (Å²) in [6, 6.07) is 7.64. The smallest absolute Gasteiger partial charge is 0.338 e. The molecule has 0 radical (unpaired) electrons. The molecule has 22 heavy (non-hydrogen) atoms. The molecule has 0 aliphatic rings. The van der Waals surface area contributed by atoms with E-state index in [1.807, 2.05) is 38.1 Å². The summed E-state index contributed by atoms with van der Waals surface area (Å²) < 4.78 is 16.1. The molecule has 124 valence electrons. The summed E-state index contributed by atoms with van der Waals surface area (Å²) in [5, 5.41) is 0. The van der Waals surface area contributed by atoms with Crippen molar-refractivity contribution in [2.75, 3.05) is 26.4 Å². The summed E-state index contributed by atoms with van der Waals surface area (Å²) in [5.41, 5.74) is 1.82. The standard InChI is InChI=1S/C18H28O4/c1-4-7-8-15-9-11-16(12-10-15)18(19)22-17(13-20-5-2)14-21-6-3/h9-12,17H,4-8,13-14H2,1-3H3. The average Bonchev–Trinajstić information content (AvgIpc) is 2.55. The summed E-state index contributed by atoms with van der Waals surface area (Å²) in [7, 11) is 0. The number of esters is 1. The van der Waals surface area contributed by atoms with E-state index < -0.39 is 0 Å². The lowest BCUT2D eigenvalue weighted by Gasteiger charge is -2.17. The summed E-state index contributed by atoms with van der Waals surface area (Å²) in [6.45, 7) is 7.89. The Bertz CT molecular complexity index is 406. The maximum atomic E-state index is 12.2. The number of hydrogen-bond acceptors (Lipinski definition) is 4. The van der Waals surface area contributed by atoms with Gasteiger partial charge in [0.1, 0.15) is 6.10 Å². The van der Waals surface area contributed by atoms with Crippen LogP contribution in [0.4, 0.5) is 0 Å². The molecule has 0 unspecified atom stereocenters. The van der Waals surface area contributed by atoms with Crippen LogP contribution in [0, 0.1) is 0 Å². The Morgan fingerprint density at radius 1 is 1.00 bits per heavy atom. The Morgan fingerprint density at radius 2 is 1.59 bits per heavy atom. The number of ether oxygens (including phenoxy) is 3. The molecule has 0 atom stereocenters. The molecule has 0 N–H and O–H groups in total. The molecule has 1 aromatic rings. The van der Waals surface area contributed by atoms with E-state index in [4.69, 9.17) is 14.2 Å². The molecule has 0 saturated heterocycles. The van der Waals surface area contributed by atoms with Gasteiger partial charge in [-0.05, 0) is 44.4 Å². The van der Waals surface area contributed by atoms with Crippen molar-refractivity contribution in [2.24, 2.45) is 0 Å². The van der Waals surface area contributed by atoms with Gasteiger partial charge in [-0.1, -0.05) is 25.5 Å². The molecule has 1 aromatic carbocycles. The lowest BCUT2D eigenvalue weighted by molar-refractivity contribution is -0.0363. The fraction of sp³-hybridized carbons (Fsp3) is 0.611. The zero-order valence-electron chi connectivity index (χ0n) is 14.0. The van der Waals surface area contributed by atoms with Gasteiger partial charge in [0.15, 0.2) is 0 Å². The third-order valence-corrected chi connectivity index (χ3v) is 3.30. The zero-order valence-corrected chi connectivity index (χ0v) is 14.0. The summed E-state index contributed by atoms with van der Waals surface area (Å²) in [4.78, 5) is 12.2. The summed E-state index contributed by atoms with van der Waals surface area (Å²) in [5.74, 6) is -0.327. The van der Waals surface area contributed by atoms with Crippen molar-refractivity contribution >= 4 is 5.97 Å². The highest BCUT2D eigenvalue weighted by Gasteiger charge is 2.16. The van der Waals surface area contributed by atoms with Crippen LogP contribution in [0.5, 0.6) is 0 Å². The van der Waals surface area contributed by atoms with Crippen LogP contribution in [0.3, 0.4) is 0 Å². The molecule has 0 bridgehead atoms. The molecule has 4 heteroatoms. The van der Waals surface area contributed by atoms with E-state index in [1.54, 1.807) is 0 Å². The highest BCUT2D eigenvalue weighted by atomic mass is 16.6.